The molecule has 4 nitrogen and oxygen atoms in total. The van der Waals surface area contributed by atoms with Crippen molar-refractivity contribution >= 4 is 23.5 Å². The second-order valence-electron chi connectivity index (χ2n) is 5.51. The summed E-state index contributed by atoms with van der Waals surface area (Å²) in [4.78, 5) is 16.1. The highest BCUT2D eigenvalue weighted by atomic mass is 16.3. The van der Waals surface area contributed by atoms with Gasteiger partial charge in [0.15, 0.2) is 0 Å². The number of nitrogens with zero attached hydrogens (tertiary/aromatic N) is 1. The van der Waals surface area contributed by atoms with E-state index in [2.05, 4.69) is 10.3 Å². The summed E-state index contributed by atoms with van der Waals surface area (Å²) in [5.74, 6) is 0.0903. The van der Waals surface area contributed by atoms with Crippen molar-refractivity contribution in [3.8, 4) is 5.75 Å². The molecule has 1 amide bonds. The highest BCUT2D eigenvalue weighted by Gasteiger charge is 2.07. The Hall–Kier alpha value is -2.62. The van der Waals surface area contributed by atoms with E-state index in [0.717, 1.165) is 5.56 Å². The molecular formula is C18H20N2O2. The smallest absolute Gasteiger partial charge is 0.226 e. The van der Waals surface area contributed by atoms with E-state index in [1.165, 1.54) is 0 Å². The molecule has 2 rings (SSSR count). The van der Waals surface area contributed by atoms with Crippen molar-refractivity contribution in [1.29, 1.82) is 0 Å². The zero-order chi connectivity index (χ0) is 16.1. The van der Waals surface area contributed by atoms with Gasteiger partial charge >= 0.3 is 0 Å². The molecule has 114 valence electrons. The average Bonchev–Trinajstić information content (AvgIpc) is 2.48. The summed E-state index contributed by atoms with van der Waals surface area (Å²) in [6.45, 7) is 5.65. The Labute approximate surface area is 130 Å². The molecule has 0 heterocycles. The maximum absolute atomic E-state index is 11.7. The maximum Gasteiger partial charge on any atom is 0.226 e. The third-order valence-electron chi connectivity index (χ3n) is 3.17. The Balaban J connectivity index is 2.18. The number of aromatic hydroxyl groups is 1. The minimum absolute atomic E-state index is 0.0301. The average molecular weight is 296 g/mol. The molecule has 0 aliphatic heterocycles. The molecule has 0 aliphatic rings. The lowest BCUT2D eigenvalue weighted by molar-refractivity contribution is -0.118. The van der Waals surface area contributed by atoms with Crippen molar-refractivity contribution in [3.05, 3.63) is 53.6 Å². The molecule has 0 radical (unpaired) electrons. The van der Waals surface area contributed by atoms with Gasteiger partial charge in [-0.05, 0) is 37.3 Å². The molecule has 0 aromatic heterocycles. The molecule has 0 aliphatic carbocycles. The van der Waals surface area contributed by atoms with Crippen LogP contribution >= 0.6 is 0 Å². The highest BCUT2D eigenvalue weighted by molar-refractivity contribution is 5.92. The number of benzene rings is 2. The zero-order valence-corrected chi connectivity index (χ0v) is 13.0. The quantitative estimate of drug-likeness (QED) is 0.836. The number of phenolic OH excluding ortho intramolecular Hbond substituents is 1. The maximum atomic E-state index is 11.7. The first-order chi connectivity index (χ1) is 10.5. The van der Waals surface area contributed by atoms with Crippen molar-refractivity contribution in [1.82, 2.24) is 0 Å². The van der Waals surface area contributed by atoms with E-state index in [1.807, 2.05) is 51.1 Å². The Kier molecular flexibility index (Phi) is 4.94. The first-order valence-electron chi connectivity index (χ1n) is 7.20. The van der Waals surface area contributed by atoms with Crippen molar-refractivity contribution in [2.75, 3.05) is 5.32 Å². The van der Waals surface area contributed by atoms with Gasteiger partial charge in [0.2, 0.25) is 5.91 Å². The van der Waals surface area contributed by atoms with Gasteiger partial charge in [-0.25, -0.2) is 0 Å². The Bertz CT molecular complexity index is 706. The minimum Gasteiger partial charge on any atom is -0.507 e. The summed E-state index contributed by atoms with van der Waals surface area (Å²) in [6.07, 6.45) is 1.62. The summed E-state index contributed by atoms with van der Waals surface area (Å²) < 4.78 is 0. The number of carbonyl (C=O) groups excluding carboxylic acids is 1. The van der Waals surface area contributed by atoms with Gasteiger partial charge in [-0.2, -0.15) is 0 Å². The van der Waals surface area contributed by atoms with Gasteiger partial charge in [-0.15, -0.1) is 0 Å². The number of rotatable bonds is 4. The van der Waals surface area contributed by atoms with Gasteiger partial charge < -0.3 is 10.4 Å². The van der Waals surface area contributed by atoms with E-state index in [-0.39, 0.29) is 17.6 Å². The summed E-state index contributed by atoms with van der Waals surface area (Å²) in [5.41, 5.74) is 3.14. The van der Waals surface area contributed by atoms with Gasteiger partial charge in [-0.1, -0.05) is 31.5 Å². The van der Waals surface area contributed by atoms with E-state index in [0.29, 0.717) is 16.9 Å². The summed E-state index contributed by atoms with van der Waals surface area (Å²) in [7, 11) is 0. The molecule has 2 aromatic carbocycles. The number of nitrogens with one attached hydrogen (secondary N) is 1. The Morgan fingerprint density at radius 1 is 1.23 bits per heavy atom. The van der Waals surface area contributed by atoms with Crippen molar-refractivity contribution < 1.29 is 9.90 Å². The number of aliphatic imine (C=N–C) groups is 1. The molecule has 4 heteroatoms. The number of aryl methyl sites for hydroxylation is 1. The van der Waals surface area contributed by atoms with Gasteiger partial charge in [-0.3, -0.25) is 9.79 Å². The van der Waals surface area contributed by atoms with Crippen LogP contribution in [-0.2, 0) is 4.79 Å². The summed E-state index contributed by atoms with van der Waals surface area (Å²) in [5, 5.41) is 12.6. The fourth-order valence-corrected chi connectivity index (χ4v) is 1.87. The van der Waals surface area contributed by atoms with Crippen molar-refractivity contribution in [2.24, 2.45) is 10.9 Å². The molecule has 0 saturated carbocycles. The van der Waals surface area contributed by atoms with Crippen LogP contribution in [0.25, 0.3) is 0 Å². The fourth-order valence-electron chi connectivity index (χ4n) is 1.87. The van der Waals surface area contributed by atoms with Crippen LogP contribution in [0.3, 0.4) is 0 Å². The molecule has 0 spiro atoms. The van der Waals surface area contributed by atoms with Gasteiger partial charge in [0.1, 0.15) is 5.75 Å². The molecule has 0 bridgehead atoms. The number of amides is 1. The largest absolute Gasteiger partial charge is 0.507 e. The van der Waals surface area contributed by atoms with Crippen LogP contribution in [-0.4, -0.2) is 17.2 Å². The lowest BCUT2D eigenvalue weighted by atomic mass is 10.1. The van der Waals surface area contributed by atoms with Gasteiger partial charge in [0, 0.05) is 23.4 Å². The molecule has 0 unspecified atom stereocenters. The predicted molar refractivity (Wildman–Crippen MR) is 90.0 cm³/mol. The number of anilines is 1. The van der Waals surface area contributed by atoms with E-state index < -0.39 is 0 Å². The van der Waals surface area contributed by atoms with Crippen LogP contribution < -0.4 is 5.32 Å². The topological polar surface area (TPSA) is 61.7 Å². The lowest BCUT2D eigenvalue weighted by Gasteiger charge is -2.08. The SMILES string of the molecule is Cc1ccc(O)c(C=Nc2cccc(NC(=O)C(C)C)c2)c1. The first-order valence-corrected chi connectivity index (χ1v) is 7.20. The van der Waals surface area contributed by atoms with E-state index in [9.17, 15) is 9.90 Å². The standard InChI is InChI=1S/C18H20N2O2/c1-12(2)18(22)20-16-6-4-5-15(10-16)19-11-14-9-13(3)7-8-17(14)21/h4-12,21H,1-3H3,(H,20,22). The van der Waals surface area contributed by atoms with Crippen LogP contribution in [0.5, 0.6) is 5.75 Å². The van der Waals surface area contributed by atoms with Crippen LogP contribution in [0.15, 0.2) is 47.5 Å². The molecule has 2 aromatic rings. The monoisotopic (exact) mass is 296 g/mol. The number of hydrogen-bond acceptors (Lipinski definition) is 3. The fraction of sp³-hybridized carbons (Fsp3) is 0.222. The predicted octanol–water partition coefficient (Wildman–Crippen LogP) is 4.05. The van der Waals surface area contributed by atoms with E-state index in [4.69, 9.17) is 0 Å². The van der Waals surface area contributed by atoms with Crippen LogP contribution in [0.4, 0.5) is 11.4 Å². The molecule has 22 heavy (non-hydrogen) atoms. The molecular weight excluding hydrogens is 276 g/mol. The summed E-state index contributed by atoms with van der Waals surface area (Å²) in [6, 6.07) is 12.6. The number of carbonyl (C=O) groups is 1. The van der Waals surface area contributed by atoms with Crippen molar-refractivity contribution in [2.45, 2.75) is 20.8 Å². The summed E-state index contributed by atoms with van der Waals surface area (Å²) >= 11 is 0. The zero-order valence-electron chi connectivity index (χ0n) is 13.0. The normalized spacial score (nSPS) is 11.1. The first kappa shape index (κ1) is 15.8. The molecule has 0 saturated heterocycles. The second kappa shape index (κ2) is 6.89. The van der Waals surface area contributed by atoms with Crippen LogP contribution in [0, 0.1) is 12.8 Å². The molecule has 0 atom stereocenters. The van der Waals surface area contributed by atoms with E-state index >= 15 is 0 Å². The van der Waals surface area contributed by atoms with Crippen molar-refractivity contribution in [3.63, 3.8) is 0 Å². The highest BCUT2D eigenvalue weighted by Crippen LogP contribution is 2.21. The Morgan fingerprint density at radius 2 is 2.00 bits per heavy atom. The van der Waals surface area contributed by atoms with Gasteiger partial charge in [0.05, 0.1) is 5.69 Å². The minimum atomic E-state index is -0.0728. The van der Waals surface area contributed by atoms with Gasteiger partial charge in [0.25, 0.3) is 0 Å². The third kappa shape index (κ3) is 4.19. The lowest BCUT2D eigenvalue weighted by Crippen LogP contribution is -2.17. The number of hydrogen-bond donors (Lipinski definition) is 2. The third-order valence-corrected chi connectivity index (χ3v) is 3.17. The number of phenols is 1. The second-order valence-corrected chi connectivity index (χ2v) is 5.51. The molecule has 0 fully saturated rings. The van der Waals surface area contributed by atoms with Crippen LogP contribution in [0.2, 0.25) is 0 Å². The Morgan fingerprint density at radius 3 is 2.73 bits per heavy atom. The van der Waals surface area contributed by atoms with E-state index in [1.54, 1.807) is 18.3 Å². The molecule has 2 N–H and O–H groups in total. The van der Waals surface area contributed by atoms with Crippen LogP contribution in [0.1, 0.15) is 25.0 Å².